The van der Waals surface area contributed by atoms with E-state index in [9.17, 15) is 0 Å². The molecule has 0 aliphatic carbocycles. The number of furan rings is 2. The van der Waals surface area contributed by atoms with Crippen molar-refractivity contribution in [2.24, 2.45) is 0 Å². The lowest BCUT2D eigenvalue weighted by Gasteiger charge is -2.04. The minimum Gasteiger partial charge on any atom is -0.456 e. The van der Waals surface area contributed by atoms with E-state index in [2.05, 4.69) is 30.3 Å². The van der Waals surface area contributed by atoms with Crippen LogP contribution in [0.3, 0.4) is 0 Å². The fourth-order valence-corrected chi connectivity index (χ4v) is 3.87. The van der Waals surface area contributed by atoms with Crippen molar-refractivity contribution in [1.82, 2.24) is 0 Å². The van der Waals surface area contributed by atoms with Crippen molar-refractivity contribution in [3.63, 3.8) is 0 Å². The predicted octanol–water partition coefficient (Wildman–Crippen LogP) is 6.95. The molecule has 2 heteroatoms. The molecule has 6 rings (SSSR count). The number of fused-ring (bicyclic) bond motifs is 6. The zero-order valence-corrected chi connectivity index (χ0v) is 13.8. The quantitative estimate of drug-likeness (QED) is 0.325. The first kappa shape index (κ1) is 13.7. The van der Waals surface area contributed by atoms with Crippen LogP contribution in [-0.2, 0) is 0 Å². The van der Waals surface area contributed by atoms with Gasteiger partial charge in [-0.15, -0.1) is 0 Å². The Morgan fingerprint density at radius 2 is 1.31 bits per heavy atom. The summed E-state index contributed by atoms with van der Waals surface area (Å²) in [6.45, 7) is 0. The van der Waals surface area contributed by atoms with E-state index in [0.717, 1.165) is 55.0 Å². The molecule has 2 nitrogen and oxygen atoms in total. The number of hydrogen-bond acceptors (Lipinski definition) is 2. The van der Waals surface area contributed by atoms with Gasteiger partial charge in [-0.25, -0.2) is 0 Å². The van der Waals surface area contributed by atoms with E-state index in [0.29, 0.717) is 0 Å². The topological polar surface area (TPSA) is 26.3 Å². The van der Waals surface area contributed by atoms with Gasteiger partial charge in [0.1, 0.15) is 22.3 Å². The molecule has 0 atom stereocenters. The molecule has 26 heavy (non-hydrogen) atoms. The Balaban J connectivity index is 1.79. The third-order valence-corrected chi connectivity index (χ3v) is 5.01. The first-order valence-electron chi connectivity index (χ1n) is 8.63. The van der Waals surface area contributed by atoms with Crippen LogP contribution in [0.15, 0.2) is 87.7 Å². The summed E-state index contributed by atoms with van der Waals surface area (Å²) in [5.41, 5.74) is 5.72. The Morgan fingerprint density at radius 3 is 2.19 bits per heavy atom. The van der Waals surface area contributed by atoms with E-state index in [1.807, 2.05) is 54.6 Å². The van der Waals surface area contributed by atoms with Gasteiger partial charge in [0.2, 0.25) is 0 Å². The molecule has 0 saturated heterocycles. The van der Waals surface area contributed by atoms with Gasteiger partial charge in [-0.1, -0.05) is 54.6 Å². The van der Waals surface area contributed by atoms with Crippen LogP contribution in [0.1, 0.15) is 0 Å². The summed E-state index contributed by atoms with van der Waals surface area (Å²) in [6.07, 6.45) is 0. The molecule has 6 aromatic rings. The Labute approximate surface area is 149 Å². The molecule has 4 aromatic carbocycles. The Kier molecular flexibility index (Phi) is 2.64. The van der Waals surface area contributed by atoms with E-state index in [-0.39, 0.29) is 0 Å². The van der Waals surface area contributed by atoms with E-state index in [4.69, 9.17) is 8.83 Å². The van der Waals surface area contributed by atoms with Gasteiger partial charge in [-0.05, 0) is 35.9 Å². The molecule has 0 amide bonds. The van der Waals surface area contributed by atoms with Crippen LogP contribution in [0, 0.1) is 6.07 Å². The highest BCUT2D eigenvalue weighted by Gasteiger charge is 2.16. The maximum atomic E-state index is 6.21. The lowest BCUT2D eigenvalue weighted by molar-refractivity contribution is 0.668. The summed E-state index contributed by atoms with van der Waals surface area (Å²) < 4.78 is 12.3. The second-order valence-corrected chi connectivity index (χ2v) is 6.47. The van der Waals surface area contributed by atoms with Crippen LogP contribution in [0.25, 0.3) is 55.0 Å². The predicted molar refractivity (Wildman–Crippen MR) is 105 cm³/mol. The largest absolute Gasteiger partial charge is 0.456 e. The summed E-state index contributed by atoms with van der Waals surface area (Å²) in [4.78, 5) is 0. The van der Waals surface area contributed by atoms with Crippen molar-refractivity contribution in [3.8, 4) is 11.1 Å². The maximum Gasteiger partial charge on any atom is 0.143 e. The van der Waals surface area contributed by atoms with Crippen molar-refractivity contribution < 1.29 is 8.83 Å². The second-order valence-electron chi connectivity index (χ2n) is 6.47. The van der Waals surface area contributed by atoms with Crippen LogP contribution >= 0.6 is 0 Å². The number of benzene rings is 4. The third-order valence-electron chi connectivity index (χ3n) is 5.01. The minimum atomic E-state index is 0.867. The van der Waals surface area contributed by atoms with Crippen LogP contribution in [0.2, 0.25) is 0 Å². The summed E-state index contributed by atoms with van der Waals surface area (Å²) in [5.74, 6) is 0. The summed E-state index contributed by atoms with van der Waals surface area (Å²) in [7, 11) is 0. The molecule has 1 radical (unpaired) electrons. The lowest BCUT2D eigenvalue weighted by Crippen LogP contribution is -1.80. The third kappa shape index (κ3) is 1.76. The molecule has 121 valence electrons. The van der Waals surface area contributed by atoms with Crippen LogP contribution in [0.5, 0.6) is 0 Å². The number of rotatable bonds is 1. The van der Waals surface area contributed by atoms with E-state index in [1.165, 1.54) is 0 Å². The van der Waals surface area contributed by atoms with Gasteiger partial charge in [-0.3, -0.25) is 0 Å². The van der Waals surface area contributed by atoms with Gasteiger partial charge in [0.25, 0.3) is 0 Å². The zero-order chi connectivity index (χ0) is 17.1. The van der Waals surface area contributed by atoms with Crippen molar-refractivity contribution >= 4 is 43.9 Å². The van der Waals surface area contributed by atoms with Crippen LogP contribution in [0.4, 0.5) is 0 Å². The average Bonchev–Trinajstić information content (AvgIpc) is 3.26. The smallest absolute Gasteiger partial charge is 0.143 e. The lowest BCUT2D eigenvalue weighted by atomic mass is 9.97. The van der Waals surface area contributed by atoms with Gasteiger partial charge < -0.3 is 8.83 Å². The summed E-state index contributed by atoms with van der Waals surface area (Å²) >= 11 is 0. The highest BCUT2D eigenvalue weighted by Crippen LogP contribution is 2.41. The van der Waals surface area contributed by atoms with Gasteiger partial charge >= 0.3 is 0 Å². The Bertz CT molecular complexity index is 1430. The molecule has 0 spiro atoms. The second kappa shape index (κ2) is 4.99. The highest BCUT2D eigenvalue weighted by atomic mass is 16.3. The molecule has 0 saturated carbocycles. The van der Waals surface area contributed by atoms with E-state index in [1.54, 1.807) is 0 Å². The summed E-state index contributed by atoms with van der Waals surface area (Å²) in [6, 6.07) is 29.8. The monoisotopic (exact) mass is 333 g/mol. The maximum absolute atomic E-state index is 6.21. The average molecular weight is 333 g/mol. The first-order valence-corrected chi connectivity index (χ1v) is 8.63. The molecular formula is C24H13O2. The van der Waals surface area contributed by atoms with Crippen LogP contribution < -0.4 is 0 Å². The molecular weight excluding hydrogens is 320 g/mol. The first-order chi connectivity index (χ1) is 12.9. The molecule has 2 aromatic heterocycles. The highest BCUT2D eigenvalue weighted by molar-refractivity contribution is 6.16. The normalized spacial score (nSPS) is 11.8. The van der Waals surface area contributed by atoms with E-state index < -0.39 is 0 Å². The Morgan fingerprint density at radius 1 is 0.577 bits per heavy atom. The Hall–Kier alpha value is -3.52. The van der Waals surface area contributed by atoms with Crippen molar-refractivity contribution in [1.29, 1.82) is 0 Å². The molecule has 0 N–H and O–H groups in total. The van der Waals surface area contributed by atoms with E-state index >= 15 is 0 Å². The molecule has 0 fully saturated rings. The molecule has 2 heterocycles. The standard InChI is InChI=1S/C24H13O2/c1-3-12-20-15(7-1)17-10-5-11-18(24(17)26-20)16-9-6-14-22-23(16)19-8-2-4-13-21(19)25-22/h1-9,11-14H. The molecule has 0 aliphatic heterocycles. The zero-order valence-electron chi connectivity index (χ0n) is 13.8. The molecule has 0 bridgehead atoms. The fraction of sp³-hybridized carbons (Fsp3) is 0. The van der Waals surface area contributed by atoms with Gasteiger partial charge in [-0.2, -0.15) is 0 Å². The number of hydrogen-bond donors (Lipinski definition) is 0. The van der Waals surface area contributed by atoms with Gasteiger partial charge in [0, 0.05) is 27.1 Å². The summed E-state index contributed by atoms with van der Waals surface area (Å²) in [5, 5.41) is 4.35. The van der Waals surface area contributed by atoms with Crippen molar-refractivity contribution in [3.05, 3.63) is 84.9 Å². The van der Waals surface area contributed by atoms with Crippen molar-refractivity contribution in [2.75, 3.05) is 0 Å². The molecule has 0 unspecified atom stereocenters. The number of para-hydroxylation sites is 2. The van der Waals surface area contributed by atoms with Crippen LogP contribution in [-0.4, -0.2) is 0 Å². The molecule has 0 aliphatic rings. The SMILES string of the molecule is [c]1ccc(-c2cccc3oc4ccccc4c23)c2oc3ccccc3c12. The van der Waals surface area contributed by atoms with Gasteiger partial charge in [0.05, 0.1) is 0 Å². The fourth-order valence-electron chi connectivity index (χ4n) is 3.87. The minimum absolute atomic E-state index is 0.867. The van der Waals surface area contributed by atoms with Gasteiger partial charge in [0.15, 0.2) is 0 Å². The van der Waals surface area contributed by atoms with Crippen molar-refractivity contribution in [2.45, 2.75) is 0 Å².